The fourth-order valence-electron chi connectivity index (χ4n) is 2.85. The van der Waals surface area contributed by atoms with Crippen LogP contribution in [0.25, 0.3) is 11.1 Å². The summed E-state index contributed by atoms with van der Waals surface area (Å²) < 4.78 is 5.32. The molecule has 3 rings (SSSR count). The van der Waals surface area contributed by atoms with Crippen LogP contribution < -0.4 is 4.74 Å². The highest BCUT2D eigenvalue weighted by atomic mass is 16.5. The molecule has 0 aliphatic heterocycles. The summed E-state index contributed by atoms with van der Waals surface area (Å²) in [6.45, 7) is 1.99. The van der Waals surface area contributed by atoms with E-state index in [0.29, 0.717) is 12.8 Å². The number of rotatable bonds is 6. The van der Waals surface area contributed by atoms with E-state index in [1.165, 1.54) is 0 Å². The van der Waals surface area contributed by atoms with Crippen LogP contribution in [0.5, 0.6) is 5.75 Å². The minimum atomic E-state index is 0.197. The van der Waals surface area contributed by atoms with E-state index in [1.54, 1.807) is 19.5 Å². The van der Waals surface area contributed by atoms with Crippen molar-refractivity contribution in [3.05, 3.63) is 83.7 Å². The van der Waals surface area contributed by atoms with Crippen LogP contribution in [-0.4, -0.2) is 17.9 Å². The molecule has 2 aromatic carbocycles. The molecule has 3 heteroatoms. The number of carbonyl (C=O) groups excluding carboxylic acids is 1. The molecule has 3 nitrogen and oxygen atoms in total. The van der Waals surface area contributed by atoms with E-state index < -0.39 is 0 Å². The summed E-state index contributed by atoms with van der Waals surface area (Å²) in [6, 6.07) is 18.0. The third kappa shape index (κ3) is 4.32. The van der Waals surface area contributed by atoms with Crippen molar-refractivity contribution < 1.29 is 9.53 Å². The summed E-state index contributed by atoms with van der Waals surface area (Å²) in [5.41, 5.74) is 5.34. The Morgan fingerprint density at radius 2 is 1.48 bits per heavy atom. The van der Waals surface area contributed by atoms with Crippen molar-refractivity contribution in [2.75, 3.05) is 7.11 Å². The number of methoxy groups -OCH3 is 1. The van der Waals surface area contributed by atoms with Crippen LogP contribution in [0.1, 0.15) is 16.7 Å². The second kappa shape index (κ2) is 7.75. The molecule has 0 N–H and O–H groups in total. The van der Waals surface area contributed by atoms with E-state index in [-0.39, 0.29) is 5.78 Å². The molecule has 1 aromatic heterocycles. The van der Waals surface area contributed by atoms with Gasteiger partial charge in [0, 0.05) is 25.2 Å². The van der Waals surface area contributed by atoms with E-state index in [4.69, 9.17) is 4.74 Å². The monoisotopic (exact) mass is 331 g/mol. The zero-order valence-corrected chi connectivity index (χ0v) is 14.5. The number of aromatic nitrogens is 1. The Balaban J connectivity index is 1.65. The van der Waals surface area contributed by atoms with Crippen LogP contribution in [0.2, 0.25) is 0 Å². The number of carbonyl (C=O) groups is 1. The van der Waals surface area contributed by atoms with E-state index >= 15 is 0 Å². The van der Waals surface area contributed by atoms with Crippen LogP contribution >= 0.6 is 0 Å². The third-order valence-electron chi connectivity index (χ3n) is 4.24. The first kappa shape index (κ1) is 16.9. The Kier molecular flexibility index (Phi) is 5.24. The van der Waals surface area contributed by atoms with Gasteiger partial charge in [-0.3, -0.25) is 9.78 Å². The van der Waals surface area contributed by atoms with Gasteiger partial charge in [0.15, 0.2) is 0 Å². The molecular formula is C22H21NO2. The first-order valence-corrected chi connectivity index (χ1v) is 8.30. The number of benzene rings is 2. The second-order valence-electron chi connectivity index (χ2n) is 6.13. The number of ketones is 1. The predicted octanol–water partition coefficient (Wildman–Crippen LogP) is 4.42. The average molecular weight is 331 g/mol. The average Bonchev–Trinajstić information content (AvgIpc) is 2.64. The summed E-state index contributed by atoms with van der Waals surface area (Å²) in [5.74, 6) is 1.02. The molecule has 0 fully saturated rings. The maximum atomic E-state index is 12.4. The van der Waals surface area contributed by atoms with Gasteiger partial charge in [0.2, 0.25) is 0 Å². The molecule has 0 amide bonds. The largest absolute Gasteiger partial charge is 0.496 e. The SMILES string of the molecule is COc1cc(CC(=O)Cc2ccc(-c3ccncc3)cc2)ccc1C. The fraction of sp³-hybridized carbons (Fsp3) is 0.182. The van der Waals surface area contributed by atoms with Gasteiger partial charge >= 0.3 is 0 Å². The lowest BCUT2D eigenvalue weighted by molar-refractivity contribution is -0.117. The quantitative estimate of drug-likeness (QED) is 0.671. The third-order valence-corrected chi connectivity index (χ3v) is 4.24. The van der Waals surface area contributed by atoms with Gasteiger partial charge in [0.25, 0.3) is 0 Å². The van der Waals surface area contributed by atoms with Crippen LogP contribution in [-0.2, 0) is 17.6 Å². The van der Waals surface area contributed by atoms with Gasteiger partial charge in [0.05, 0.1) is 7.11 Å². The molecule has 0 unspecified atom stereocenters. The Labute approximate surface area is 148 Å². The predicted molar refractivity (Wildman–Crippen MR) is 99.8 cm³/mol. The summed E-state index contributed by atoms with van der Waals surface area (Å²) in [5, 5.41) is 0. The first-order valence-electron chi connectivity index (χ1n) is 8.30. The molecule has 3 aromatic rings. The zero-order chi connectivity index (χ0) is 17.6. The highest BCUT2D eigenvalue weighted by Crippen LogP contribution is 2.21. The van der Waals surface area contributed by atoms with Gasteiger partial charge in [-0.15, -0.1) is 0 Å². The number of ether oxygens (including phenoxy) is 1. The summed E-state index contributed by atoms with van der Waals surface area (Å²) in [6.07, 6.45) is 4.42. The standard InChI is InChI=1S/C22H21NO2/c1-16-3-4-18(15-22(16)25-2)14-21(24)13-17-5-7-19(8-6-17)20-9-11-23-12-10-20/h3-12,15H,13-14H2,1-2H3. The lowest BCUT2D eigenvalue weighted by Crippen LogP contribution is -2.07. The normalized spacial score (nSPS) is 10.5. The van der Waals surface area contributed by atoms with Gasteiger partial charge in [-0.05, 0) is 52.9 Å². The van der Waals surface area contributed by atoms with Crippen molar-refractivity contribution >= 4 is 5.78 Å². The summed E-state index contributed by atoms with van der Waals surface area (Å²) in [7, 11) is 1.65. The maximum absolute atomic E-state index is 12.4. The van der Waals surface area contributed by atoms with E-state index in [9.17, 15) is 4.79 Å². The highest BCUT2D eigenvalue weighted by Gasteiger charge is 2.08. The molecule has 126 valence electrons. The maximum Gasteiger partial charge on any atom is 0.141 e. The first-order chi connectivity index (χ1) is 12.2. The number of nitrogens with zero attached hydrogens (tertiary/aromatic N) is 1. The highest BCUT2D eigenvalue weighted by molar-refractivity contribution is 5.83. The lowest BCUT2D eigenvalue weighted by Gasteiger charge is -2.08. The van der Waals surface area contributed by atoms with Crippen molar-refractivity contribution in [3.8, 4) is 16.9 Å². The Morgan fingerprint density at radius 1 is 0.880 bits per heavy atom. The van der Waals surface area contributed by atoms with Gasteiger partial charge in [-0.2, -0.15) is 0 Å². The van der Waals surface area contributed by atoms with Crippen molar-refractivity contribution in [2.45, 2.75) is 19.8 Å². The van der Waals surface area contributed by atoms with E-state index in [1.807, 2.05) is 61.5 Å². The van der Waals surface area contributed by atoms with E-state index in [0.717, 1.165) is 33.6 Å². The van der Waals surface area contributed by atoms with Crippen molar-refractivity contribution in [3.63, 3.8) is 0 Å². The minimum absolute atomic E-state index is 0.197. The lowest BCUT2D eigenvalue weighted by atomic mass is 9.99. The molecule has 1 heterocycles. The van der Waals surface area contributed by atoms with Crippen LogP contribution in [0, 0.1) is 6.92 Å². The summed E-state index contributed by atoms with van der Waals surface area (Å²) in [4.78, 5) is 16.4. The molecular weight excluding hydrogens is 310 g/mol. The number of hydrogen-bond donors (Lipinski definition) is 0. The van der Waals surface area contributed by atoms with Crippen molar-refractivity contribution in [1.29, 1.82) is 0 Å². The number of aryl methyl sites for hydroxylation is 1. The molecule has 0 spiro atoms. The molecule has 0 aliphatic carbocycles. The molecule has 0 saturated heterocycles. The van der Waals surface area contributed by atoms with Gasteiger partial charge < -0.3 is 4.74 Å². The van der Waals surface area contributed by atoms with Crippen LogP contribution in [0.3, 0.4) is 0 Å². The minimum Gasteiger partial charge on any atom is -0.496 e. The fourth-order valence-corrected chi connectivity index (χ4v) is 2.85. The Hall–Kier alpha value is -2.94. The number of hydrogen-bond acceptors (Lipinski definition) is 3. The van der Waals surface area contributed by atoms with Crippen molar-refractivity contribution in [2.24, 2.45) is 0 Å². The smallest absolute Gasteiger partial charge is 0.141 e. The van der Waals surface area contributed by atoms with Crippen LogP contribution in [0.4, 0.5) is 0 Å². The second-order valence-corrected chi connectivity index (χ2v) is 6.13. The molecule has 0 bridgehead atoms. The van der Waals surface area contributed by atoms with Crippen molar-refractivity contribution in [1.82, 2.24) is 4.98 Å². The van der Waals surface area contributed by atoms with Gasteiger partial charge in [-0.25, -0.2) is 0 Å². The van der Waals surface area contributed by atoms with Gasteiger partial charge in [-0.1, -0.05) is 36.4 Å². The Bertz CT molecular complexity index is 855. The Morgan fingerprint density at radius 3 is 2.16 bits per heavy atom. The molecule has 0 radical (unpaired) electrons. The number of Topliss-reactive ketones (excluding diaryl/α,β-unsaturated/α-hetero) is 1. The van der Waals surface area contributed by atoms with Gasteiger partial charge in [0.1, 0.15) is 11.5 Å². The molecule has 0 saturated carbocycles. The van der Waals surface area contributed by atoms with Crippen LogP contribution in [0.15, 0.2) is 67.0 Å². The summed E-state index contributed by atoms with van der Waals surface area (Å²) >= 11 is 0. The van der Waals surface area contributed by atoms with E-state index in [2.05, 4.69) is 4.98 Å². The number of pyridine rings is 1. The molecule has 0 atom stereocenters. The molecule has 25 heavy (non-hydrogen) atoms. The topological polar surface area (TPSA) is 39.2 Å². The molecule has 0 aliphatic rings. The zero-order valence-electron chi connectivity index (χ0n) is 14.5.